The third kappa shape index (κ3) is 4.32. The molecule has 116 valence electrons. The zero-order valence-electron chi connectivity index (χ0n) is 12.8. The van der Waals surface area contributed by atoms with Crippen LogP contribution in [0, 0.1) is 0 Å². The standard InChI is InChI=1S/C18H22N2O2/c1-2-3-8-16(18(19)22)20-17(21)12-13-9-10-14-6-4-5-7-15(14)11-13/h4-7,9-11,16H,2-3,8,12H2,1H3,(H2,19,22)(H,20,21)/t16-/m1/s1. The van der Waals surface area contributed by atoms with E-state index < -0.39 is 11.9 Å². The van der Waals surface area contributed by atoms with Gasteiger partial charge in [-0.15, -0.1) is 0 Å². The van der Waals surface area contributed by atoms with Crippen molar-refractivity contribution in [1.29, 1.82) is 0 Å². The van der Waals surface area contributed by atoms with Gasteiger partial charge in [0.1, 0.15) is 6.04 Å². The lowest BCUT2D eigenvalue weighted by molar-refractivity contribution is -0.127. The molecule has 22 heavy (non-hydrogen) atoms. The Morgan fingerprint density at radius 2 is 1.86 bits per heavy atom. The van der Waals surface area contributed by atoms with Gasteiger partial charge in [-0.1, -0.05) is 62.2 Å². The van der Waals surface area contributed by atoms with Gasteiger partial charge in [-0.2, -0.15) is 0 Å². The normalized spacial score (nSPS) is 12.0. The number of amides is 2. The molecule has 0 saturated heterocycles. The van der Waals surface area contributed by atoms with Gasteiger partial charge in [0.05, 0.1) is 6.42 Å². The SMILES string of the molecule is CCCC[C@@H](NC(=O)Cc1ccc2ccccc2c1)C(N)=O. The summed E-state index contributed by atoms with van der Waals surface area (Å²) in [5.74, 6) is -0.643. The first kappa shape index (κ1) is 16.0. The van der Waals surface area contributed by atoms with Gasteiger partial charge in [-0.3, -0.25) is 9.59 Å². The number of hydrogen-bond acceptors (Lipinski definition) is 2. The van der Waals surface area contributed by atoms with E-state index in [0.29, 0.717) is 6.42 Å². The summed E-state index contributed by atoms with van der Waals surface area (Å²) >= 11 is 0. The van der Waals surface area contributed by atoms with Gasteiger partial charge in [0.25, 0.3) is 0 Å². The molecule has 0 aliphatic carbocycles. The zero-order valence-corrected chi connectivity index (χ0v) is 12.8. The molecular weight excluding hydrogens is 276 g/mol. The van der Waals surface area contributed by atoms with Crippen LogP contribution in [-0.2, 0) is 16.0 Å². The smallest absolute Gasteiger partial charge is 0.239 e. The lowest BCUT2D eigenvalue weighted by Crippen LogP contribution is -2.44. The molecule has 0 heterocycles. The highest BCUT2D eigenvalue weighted by molar-refractivity contribution is 5.88. The van der Waals surface area contributed by atoms with Crippen LogP contribution in [0.2, 0.25) is 0 Å². The summed E-state index contributed by atoms with van der Waals surface area (Å²) in [4.78, 5) is 23.5. The van der Waals surface area contributed by atoms with Crippen LogP contribution in [0.5, 0.6) is 0 Å². The van der Waals surface area contributed by atoms with E-state index in [4.69, 9.17) is 5.73 Å². The number of nitrogens with two attached hydrogens (primary N) is 1. The molecule has 0 unspecified atom stereocenters. The molecule has 0 saturated carbocycles. The van der Waals surface area contributed by atoms with Crippen LogP contribution in [0.15, 0.2) is 42.5 Å². The van der Waals surface area contributed by atoms with Gasteiger partial charge >= 0.3 is 0 Å². The first-order valence-corrected chi connectivity index (χ1v) is 7.66. The topological polar surface area (TPSA) is 72.2 Å². The summed E-state index contributed by atoms with van der Waals surface area (Å²) in [5, 5.41) is 4.98. The van der Waals surface area contributed by atoms with Crippen molar-refractivity contribution in [2.45, 2.75) is 38.6 Å². The number of primary amides is 1. The number of carbonyl (C=O) groups excluding carboxylic acids is 2. The number of hydrogen-bond donors (Lipinski definition) is 2. The molecule has 0 radical (unpaired) electrons. The van der Waals surface area contributed by atoms with Gasteiger partial charge in [-0.25, -0.2) is 0 Å². The third-order valence-electron chi connectivity index (χ3n) is 3.70. The van der Waals surface area contributed by atoms with Crippen molar-refractivity contribution in [3.05, 3.63) is 48.0 Å². The van der Waals surface area contributed by atoms with Crippen molar-refractivity contribution in [2.75, 3.05) is 0 Å². The lowest BCUT2D eigenvalue weighted by Gasteiger charge is -2.15. The molecule has 2 aromatic rings. The Balaban J connectivity index is 2.01. The molecule has 4 heteroatoms. The summed E-state index contributed by atoms with van der Waals surface area (Å²) in [7, 11) is 0. The van der Waals surface area contributed by atoms with E-state index in [1.165, 1.54) is 0 Å². The molecule has 0 aromatic heterocycles. The average molecular weight is 298 g/mol. The van der Waals surface area contributed by atoms with E-state index >= 15 is 0 Å². The summed E-state index contributed by atoms with van der Waals surface area (Å²) in [5.41, 5.74) is 6.27. The lowest BCUT2D eigenvalue weighted by atomic mass is 10.0. The second-order valence-electron chi connectivity index (χ2n) is 5.52. The van der Waals surface area contributed by atoms with E-state index in [1.54, 1.807) is 0 Å². The number of benzene rings is 2. The molecule has 0 aliphatic rings. The van der Waals surface area contributed by atoms with Crippen molar-refractivity contribution < 1.29 is 9.59 Å². The van der Waals surface area contributed by atoms with E-state index in [2.05, 4.69) is 5.32 Å². The summed E-state index contributed by atoms with van der Waals surface area (Å²) in [6.07, 6.45) is 2.67. The number of unbranched alkanes of at least 4 members (excludes halogenated alkanes) is 1. The van der Waals surface area contributed by atoms with Gasteiger partial charge in [-0.05, 0) is 22.8 Å². The highest BCUT2D eigenvalue weighted by Crippen LogP contribution is 2.16. The molecule has 0 fully saturated rings. The fraction of sp³-hybridized carbons (Fsp3) is 0.333. The van der Waals surface area contributed by atoms with Crippen molar-refractivity contribution in [3.63, 3.8) is 0 Å². The molecule has 2 rings (SSSR count). The molecule has 3 N–H and O–H groups in total. The number of carbonyl (C=O) groups is 2. The fourth-order valence-electron chi connectivity index (χ4n) is 2.47. The van der Waals surface area contributed by atoms with Crippen LogP contribution >= 0.6 is 0 Å². The Bertz CT molecular complexity index is 667. The first-order valence-electron chi connectivity index (χ1n) is 7.66. The maximum absolute atomic E-state index is 12.1. The van der Waals surface area contributed by atoms with E-state index in [1.807, 2.05) is 49.4 Å². The molecule has 1 atom stereocenters. The van der Waals surface area contributed by atoms with E-state index in [9.17, 15) is 9.59 Å². The fourth-order valence-corrected chi connectivity index (χ4v) is 2.47. The van der Waals surface area contributed by atoms with Gasteiger partial charge in [0, 0.05) is 0 Å². The van der Waals surface area contributed by atoms with Crippen molar-refractivity contribution in [3.8, 4) is 0 Å². The van der Waals surface area contributed by atoms with Crippen molar-refractivity contribution in [2.24, 2.45) is 5.73 Å². The van der Waals surface area contributed by atoms with Crippen LogP contribution in [-0.4, -0.2) is 17.9 Å². The quantitative estimate of drug-likeness (QED) is 0.824. The molecular formula is C18H22N2O2. The average Bonchev–Trinajstić information content (AvgIpc) is 2.51. The maximum atomic E-state index is 12.1. The van der Waals surface area contributed by atoms with Crippen molar-refractivity contribution >= 4 is 22.6 Å². The van der Waals surface area contributed by atoms with Crippen LogP contribution in [0.1, 0.15) is 31.7 Å². The Hall–Kier alpha value is -2.36. The van der Waals surface area contributed by atoms with Gasteiger partial charge < -0.3 is 11.1 Å². The minimum absolute atomic E-state index is 0.171. The van der Waals surface area contributed by atoms with E-state index in [0.717, 1.165) is 29.2 Å². The summed E-state index contributed by atoms with van der Waals surface area (Å²) in [6, 6.07) is 13.4. The predicted octanol–water partition coefficient (Wildman–Crippen LogP) is 2.54. The Morgan fingerprint density at radius 1 is 1.14 bits per heavy atom. The second kappa shape index (κ2) is 7.59. The Morgan fingerprint density at radius 3 is 2.55 bits per heavy atom. The van der Waals surface area contributed by atoms with Crippen LogP contribution in [0.4, 0.5) is 0 Å². The number of fused-ring (bicyclic) bond motifs is 1. The molecule has 0 bridgehead atoms. The van der Waals surface area contributed by atoms with Crippen LogP contribution < -0.4 is 11.1 Å². The van der Waals surface area contributed by atoms with Gasteiger partial charge in [0.15, 0.2) is 0 Å². The highest BCUT2D eigenvalue weighted by atomic mass is 16.2. The minimum Gasteiger partial charge on any atom is -0.368 e. The summed E-state index contributed by atoms with van der Waals surface area (Å²) < 4.78 is 0. The van der Waals surface area contributed by atoms with Gasteiger partial charge in [0.2, 0.25) is 11.8 Å². The minimum atomic E-state index is -0.576. The summed E-state index contributed by atoms with van der Waals surface area (Å²) in [6.45, 7) is 2.04. The zero-order chi connectivity index (χ0) is 15.9. The molecule has 0 aliphatic heterocycles. The number of rotatable bonds is 7. The monoisotopic (exact) mass is 298 g/mol. The maximum Gasteiger partial charge on any atom is 0.239 e. The molecule has 2 amide bonds. The molecule has 2 aromatic carbocycles. The first-order chi connectivity index (χ1) is 10.6. The largest absolute Gasteiger partial charge is 0.368 e. The molecule has 0 spiro atoms. The van der Waals surface area contributed by atoms with E-state index in [-0.39, 0.29) is 12.3 Å². The van der Waals surface area contributed by atoms with Crippen LogP contribution in [0.3, 0.4) is 0 Å². The van der Waals surface area contributed by atoms with Crippen LogP contribution in [0.25, 0.3) is 10.8 Å². The second-order valence-corrected chi connectivity index (χ2v) is 5.52. The van der Waals surface area contributed by atoms with Crippen molar-refractivity contribution in [1.82, 2.24) is 5.32 Å². The number of nitrogens with one attached hydrogen (secondary N) is 1. The molecule has 4 nitrogen and oxygen atoms in total. The third-order valence-corrected chi connectivity index (χ3v) is 3.70. The Kier molecular flexibility index (Phi) is 5.53. The highest BCUT2D eigenvalue weighted by Gasteiger charge is 2.17. The predicted molar refractivity (Wildman–Crippen MR) is 88.3 cm³/mol. The Labute approximate surface area is 130 Å².